The van der Waals surface area contributed by atoms with Crippen LogP contribution in [0.3, 0.4) is 0 Å². The fraction of sp³-hybridized carbons (Fsp3) is 0.625. The minimum atomic E-state index is -0.952. The van der Waals surface area contributed by atoms with Gasteiger partial charge in [0.25, 0.3) is 5.78 Å². The van der Waals surface area contributed by atoms with Gasteiger partial charge in [-0.05, 0) is 6.92 Å². The topological polar surface area (TPSA) is 69.7 Å². The lowest BCUT2D eigenvalue weighted by molar-refractivity contribution is -0.158. The number of hydrogen-bond acceptors (Lipinski definition) is 5. The standard InChI is InChI=1S/C8H10O5/c1-2-12-8(11)6(9)5-3-4-13-7(5)10/h5H,2-4H2,1H3. The molecule has 0 bridgehead atoms. The van der Waals surface area contributed by atoms with Crippen molar-refractivity contribution >= 4 is 17.7 Å². The molecule has 5 nitrogen and oxygen atoms in total. The highest BCUT2D eigenvalue weighted by Gasteiger charge is 2.37. The molecule has 1 aliphatic heterocycles. The van der Waals surface area contributed by atoms with Crippen molar-refractivity contribution in [3.8, 4) is 0 Å². The Kier molecular flexibility index (Phi) is 3.00. The van der Waals surface area contributed by atoms with Gasteiger partial charge in [-0.2, -0.15) is 0 Å². The average molecular weight is 186 g/mol. The lowest BCUT2D eigenvalue weighted by atomic mass is 10.0. The van der Waals surface area contributed by atoms with Crippen molar-refractivity contribution in [2.45, 2.75) is 13.3 Å². The summed E-state index contributed by atoms with van der Waals surface area (Å²) >= 11 is 0. The van der Waals surface area contributed by atoms with Crippen LogP contribution in [0.25, 0.3) is 0 Å². The Morgan fingerprint density at radius 1 is 1.62 bits per heavy atom. The number of carbonyl (C=O) groups is 3. The van der Waals surface area contributed by atoms with E-state index in [-0.39, 0.29) is 19.6 Å². The third-order valence-corrected chi connectivity index (χ3v) is 1.73. The Morgan fingerprint density at radius 2 is 2.31 bits per heavy atom. The highest BCUT2D eigenvalue weighted by molar-refractivity contribution is 6.38. The molecule has 0 aliphatic carbocycles. The molecule has 72 valence electrons. The summed E-state index contributed by atoms with van der Waals surface area (Å²) in [5.41, 5.74) is 0. The Balaban J connectivity index is 2.56. The SMILES string of the molecule is CCOC(=O)C(=O)C1CCOC1=O. The predicted molar refractivity (Wildman–Crippen MR) is 40.7 cm³/mol. The Hall–Kier alpha value is -1.39. The normalized spacial score (nSPS) is 21.0. The first kappa shape index (κ1) is 9.70. The molecule has 13 heavy (non-hydrogen) atoms. The summed E-state index contributed by atoms with van der Waals surface area (Å²) in [4.78, 5) is 32.9. The van der Waals surface area contributed by atoms with Crippen LogP contribution in [0.4, 0.5) is 0 Å². The number of carbonyl (C=O) groups excluding carboxylic acids is 3. The van der Waals surface area contributed by atoms with Gasteiger partial charge in [-0.3, -0.25) is 9.59 Å². The van der Waals surface area contributed by atoms with Crippen molar-refractivity contribution in [1.29, 1.82) is 0 Å². The second-order valence-electron chi connectivity index (χ2n) is 2.59. The molecule has 1 atom stereocenters. The lowest BCUT2D eigenvalue weighted by Gasteiger charge is -2.02. The highest BCUT2D eigenvalue weighted by Crippen LogP contribution is 2.15. The van der Waals surface area contributed by atoms with Gasteiger partial charge >= 0.3 is 11.9 Å². The second kappa shape index (κ2) is 4.02. The second-order valence-corrected chi connectivity index (χ2v) is 2.59. The van der Waals surface area contributed by atoms with E-state index in [4.69, 9.17) is 0 Å². The van der Waals surface area contributed by atoms with Crippen molar-refractivity contribution in [1.82, 2.24) is 0 Å². The minimum Gasteiger partial charge on any atom is -0.465 e. The smallest absolute Gasteiger partial charge is 0.375 e. The number of Topliss-reactive ketones (excluding diaryl/α,β-unsaturated/α-hetero) is 1. The Bertz CT molecular complexity index is 245. The fourth-order valence-corrected chi connectivity index (χ4v) is 1.08. The number of esters is 2. The van der Waals surface area contributed by atoms with Crippen LogP contribution < -0.4 is 0 Å². The van der Waals surface area contributed by atoms with E-state index in [0.717, 1.165) is 0 Å². The highest BCUT2D eigenvalue weighted by atomic mass is 16.5. The molecular weight excluding hydrogens is 176 g/mol. The van der Waals surface area contributed by atoms with Gasteiger partial charge in [0.15, 0.2) is 0 Å². The van der Waals surface area contributed by atoms with E-state index in [0.29, 0.717) is 0 Å². The van der Waals surface area contributed by atoms with E-state index >= 15 is 0 Å². The van der Waals surface area contributed by atoms with E-state index in [1.165, 1.54) is 0 Å². The van der Waals surface area contributed by atoms with Gasteiger partial charge in [0.1, 0.15) is 5.92 Å². The van der Waals surface area contributed by atoms with E-state index in [2.05, 4.69) is 9.47 Å². The summed E-state index contributed by atoms with van der Waals surface area (Å²) < 4.78 is 9.02. The predicted octanol–water partition coefficient (Wildman–Crippen LogP) is -0.318. The number of rotatable bonds is 3. The third-order valence-electron chi connectivity index (χ3n) is 1.73. The molecule has 0 amide bonds. The van der Waals surface area contributed by atoms with Crippen molar-refractivity contribution < 1.29 is 23.9 Å². The molecule has 0 aromatic rings. The van der Waals surface area contributed by atoms with Gasteiger partial charge in [0, 0.05) is 6.42 Å². The van der Waals surface area contributed by atoms with E-state index < -0.39 is 23.6 Å². The maximum absolute atomic E-state index is 11.2. The van der Waals surface area contributed by atoms with Crippen LogP contribution >= 0.6 is 0 Å². The third kappa shape index (κ3) is 2.05. The van der Waals surface area contributed by atoms with E-state index in [1.807, 2.05) is 0 Å². The van der Waals surface area contributed by atoms with Crippen molar-refractivity contribution in [3.05, 3.63) is 0 Å². The molecule has 0 aromatic heterocycles. The number of hydrogen-bond donors (Lipinski definition) is 0. The number of ketones is 1. The molecule has 1 rings (SSSR count). The van der Waals surface area contributed by atoms with Crippen LogP contribution in [0.5, 0.6) is 0 Å². The number of cyclic esters (lactones) is 1. The maximum atomic E-state index is 11.2. The molecule has 5 heteroatoms. The molecule has 1 fully saturated rings. The monoisotopic (exact) mass is 186 g/mol. The van der Waals surface area contributed by atoms with Gasteiger partial charge < -0.3 is 9.47 Å². The van der Waals surface area contributed by atoms with Gasteiger partial charge in [-0.15, -0.1) is 0 Å². The minimum absolute atomic E-state index is 0.131. The summed E-state index contributed by atoms with van der Waals surface area (Å²) in [5, 5.41) is 0. The van der Waals surface area contributed by atoms with E-state index in [9.17, 15) is 14.4 Å². The first-order chi connectivity index (χ1) is 6.16. The summed E-state index contributed by atoms with van der Waals surface area (Å²) in [6.45, 7) is 1.93. The van der Waals surface area contributed by atoms with Gasteiger partial charge in [-0.25, -0.2) is 4.79 Å². The summed E-state index contributed by atoms with van der Waals surface area (Å²) in [5.74, 6) is -3.33. The fourth-order valence-electron chi connectivity index (χ4n) is 1.08. The van der Waals surface area contributed by atoms with Crippen LogP contribution in [-0.4, -0.2) is 30.9 Å². The largest absolute Gasteiger partial charge is 0.465 e. The van der Waals surface area contributed by atoms with E-state index in [1.54, 1.807) is 6.92 Å². The van der Waals surface area contributed by atoms with Crippen LogP contribution in [-0.2, 0) is 23.9 Å². The molecule has 1 saturated heterocycles. The Morgan fingerprint density at radius 3 is 2.77 bits per heavy atom. The summed E-state index contributed by atoms with van der Waals surface area (Å²) in [6, 6.07) is 0. The molecule has 0 spiro atoms. The summed E-state index contributed by atoms with van der Waals surface area (Å²) in [6.07, 6.45) is 0.274. The molecule has 1 heterocycles. The van der Waals surface area contributed by atoms with Gasteiger partial charge in [0.2, 0.25) is 0 Å². The van der Waals surface area contributed by atoms with Gasteiger partial charge in [0.05, 0.1) is 13.2 Å². The lowest BCUT2D eigenvalue weighted by Crippen LogP contribution is -2.28. The van der Waals surface area contributed by atoms with Crippen molar-refractivity contribution in [3.63, 3.8) is 0 Å². The van der Waals surface area contributed by atoms with Crippen LogP contribution in [0.15, 0.2) is 0 Å². The first-order valence-electron chi connectivity index (χ1n) is 4.04. The molecule has 0 N–H and O–H groups in total. The molecule has 1 aliphatic rings. The molecule has 0 radical (unpaired) electrons. The summed E-state index contributed by atoms with van der Waals surface area (Å²) in [7, 11) is 0. The molecule has 0 saturated carbocycles. The maximum Gasteiger partial charge on any atom is 0.375 e. The average Bonchev–Trinajstić information content (AvgIpc) is 2.50. The zero-order valence-corrected chi connectivity index (χ0v) is 7.24. The Labute approximate surface area is 75.0 Å². The first-order valence-corrected chi connectivity index (χ1v) is 4.04. The van der Waals surface area contributed by atoms with Crippen molar-refractivity contribution in [2.24, 2.45) is 5.92 Å². The molecule has 0 aromatic carbocycles. The van der Waals surface area contributed by atoms with Gasteiger partial charge in [-0.1, -0.05) is 0 Å². The van der Waals surface area contributed by atoms with Crippen LogP contribution in [0.1, 0.15) is 13.3 Å². The zero-order chi connectivity index (χ0) is 9.84. The van der Waals surface area contributed by atoms with Crippen LogP contribution in [0.2, 0.25) is 0 Å². The number of ether oxygens (including phenoxy) is 2. The molecule has 1 unspecified atom stereocenters. The zero-order valence-electron chi connectivity index (χ0n) is 7.24. The van der Waals surface area contributed by atoms with Crippen molar-refractivity contribution in [2.75, 3.05) is 13.2 Å². The molecular formula is C8H10O5. The van der Waals surface area contributed by atoms with Crippen LogP contribution in [0, 0.1) is 5.92 Å². The quantitative estimate of drug-likeness (QED) is 0.343.